The lowest BCUT2D eigenvalue weighted by Crippen LogP contribution is -2.39. The maximum atomic E-state index is 12.8. The molecule has 5 nitrogen and oxygen atoms in total. The molecule has 5 heteroatoms. The van der Waals surface area contributed by atoms with Crippen molar-refractivity contribution in [2.75, 3.05) is 27.4 Å². The van der Waals surface area contributed by atoms with Crippen LogP contribution in [0, 0.1) is 0 Å². The van der Waals surface area contributed by atoms with E-state index in [0.717, 1.165) is 55.8 Å². The summed E-state index contributed by atoms with van der Waals surface area (Å²) in [4.78, 5) is 12.8. The van der Waals surface area contributed by atoms with Crippen LogP contribution in [-0.2, 0) is 5.41 Å². The molecular weight excluding hydrogens is 378 g/mol. The van der Waals surface area contributed by atoms with Gasteiger partial charge in [0.1, 0.15) is 5.75 Å². The summed E-state index contributed by atoms with van der Waals surface area (Å²) in [6.07, 6.45) is 6.55. The summed E-state index contributed by atoms with van der Waals surface area (Å²) < 4.78 is 16.6. The molecule has 0 unspecified atom stereocenters. The molecule has 1 N–H and O–H groups in total. The van der Waals surface area contributed by atoms with Gasteiger partial charge in [0, 0.05) is 17.5 Å². The fourth-order valence-corrected chi connectivity index (χ4v) is 4.17. The van der Waals surface area contributed by atoms with E-state index in [2.05, 4.69) is 24.4 Å². The van der Waals surface area contributed by atoms with E-state index >= 15 is 0 Å². The first-order valence-electron chi connectivity index (χ1n) is 10.9. The van der Waals surface area contributed by atoms with Gasteiger partial charge >= 0.3 is 0 Å². The van der Waals surface area contributed by atoms with Crippen LogP contribution in [0.25, 0.3) is 0 Å². The van der Waals surface area contributed by atoms with Gasteiger partial charge in [-0.3, -0.25) is 4.79 Å². The minimum atomic E-state index is -0.0710. The zero-order valence-electron chi connectivity index (χ0n) is 18.3. The number of unbranched alkanes of at least 4 members (excludes halogenated alkanes) is 1. The highest BCUT2D eigenvalue weighted by atomic mass is 16.5. The van der Waals surface area contributed by atoms with Crippen LogP contribution >= 0.6 is 0 Å². The zero-order chi connectivity index (χ0) is 21.4. The number of nitrogens with one attached hydrogen (secondary N) is 1. The molecule has 0 aromatic heterocycles. The van der Waals surface area contributed by atoms with Crippen LogP contribution in [0.2, 0.25) is 0 Å². The minimum absolute atomic E-state index is 0.0538. The predicted octanol–water partition coefficient (Wildman–Crippen LogP) is 5.12. The van der Waals surface area contributed by atoms with Crippen molar-refractivity contribution in [3.63, 3.8) is 0 Å². The Bertz CT molecular complexity index is 826. The molecular formula is C25H33NO4. The molecule has 162 valence electrons. The van der Waals surface area contributed by atoms with E-state index in [9.17, 15) is 4.79 Å². The molecule has 2 aromatic rings. The van der Waals surface area contributed by atoms with Crippen molar-refractivity contribution in [1.29, 1.82) is 0 Å². The van der Waals surface area contributed by atoms with Gasteiger partial charge in [-0.05, 0) is 61.2 Å². The van der Waals surface area contributed by atoms with Crippen LogP contribution in [-0.4, -0.2) is 33.3 Å². The maximum Gasteiger partial charge on any atom is 0.251 e. The third kappa shape index (κ3) is 5.07. The number of rotatable bonds is 10. The van der Waals surface area contributed by atoms with Crippen molar-refractivity contribution in [2.24, 2.45) is 0 Å². The topological polar surface area (TPSA) is 56.8 Å². The van der Waals surface area contributed by atoms with Crippen molar-refractivity contribution in [3.05, 3.63) is 53.6 Å². The van der Waals surface area contributed by atoms with Crippen molar-refractivity contribution < 1.29 is 19.0 Å². The molecule has 0 spiro atoms. The molecule has 1 fully saturated rings. The summed E-state index contributed by atoms with van der Waals surface area (Å²) in [5.74, 6) is 2.20. The second-order valence-electron chi connectivity index (χ2n) is 7.97. The lowest BCUT2D eigenvalue weighted by molar-refractivity contribution is 0.0943. The minimum Gasteiger partial charge on any atom is -0.494 e. The van der Waals surface area contributed by atoms with Gasteiger partial charge in [-0.15, -0.1) is 0 Å². The number of benzene rings is 2. The van der Waals surface area contributed by atoms with Crippen LogP contribution in [0.5, 0.6) is 17.2 Å². The molecule has 0 aliphatic heterocycles. The largest absolute Gasteiger partial charge is 0.494 e. The lowest BCUT2D eigenvalue weighted by Gasteiger charge is -2.30. The quantitative estimate of drug-likeness (QED) is 0.551. The predicted molar refractivity (Wildman–Crippen MR) is 119 cm³/mol. The van der Waals surface area contributed by atoms with Gasteiger partial charge in [0.15, 0.2) is 11.5 Å². The fourth-order valence-electron chi connectivity index (χ4n) is 4.17. The summed E-state index contributed by atoms with van der Waals surface area (Å²) in [5, 5.41) is 3.17. The van der Waals surface area contributed by atoms with Crippen molar-refractivity contribution in [1.82, 2.24) is 5.32 Å². The Morgan fingerprint density at radius 1 is 1.00 bits per heavy atom. The Morgan fingerprint density at radius 3 is 2.33 bits per heavy atom. The van der Waals surface area contributed by atoms with Crippen LogP contribution in [0.1, 0.15) is 61.4 Å². The summed E-state index contributed by atoms with van der Waals surface area (Å²) in [5.41, 5.74) is 1.77. The Labute approximate surface area is 179 Å². The smallest absolute Gasteiger partial charge is 0.251 e. The first kappa shape index (κ1) is 22.0. The molecule has 1 saturated carbocycles. The average Bonchev–Trinajstić information content (AvgIpc) is 3.28. The monoisotopic (exact) mass is 411 g/mol. The first-order valence-corrected chi connectivity index (χ1v) is 10.9. The number of hydrogen-bond acceptors (Lipinski definition) is 4. The Hall–Kier alpha value is -2.69. The van der Waals surface area contributed by atoms with Gasteiger partial charge in [0.2, 0.25) is 0 Å². The van der Waals surface area contributed by atoms with Crippen LogP contribution in [0.4, 0.5) is 0 Å². The Kier molecular flexibility index (Phi) is 7.61. The van der Waals surface area contributed by atoms with E-state index < -0.39 is 0 Å². The third-order valence-electron chi connectivity index (χ3n) is 6.03. The number of carbonyl (C=O) groups excluding carboxylic acids is 1. The number of hydrogen-bond donors (Lipinski definition) is 1. The highest BCUT2D eigenvalue weighted by molar-refractivity contribution is 5.94. The average molecular weight is 412 g/mol. The Morgan fingerprint density at radius 2 is 1.70 bits per heavy atom. The van der Waals surface area contributed by atoms with Gasteiger partial charge in [0.05, 0.1) is 20.8 Å². The van der Waals surface area contributed by atoms with Crippen molar-refractivity contribution >= 4 is 5.91 Å². The second kappa shape index (κ2) is 10.4. The Balaban J connectivity index is 1.68. The molecule has 3 rings (SSSR count). The first-order chi connectivity index (χ1) is 14.6. The molecule has 0 atom stereocenters. The molecule has 1 amide bonds. The number of methoxy groups -OCH3 is 2. The number of amides is 1. The summed E-state index contributed by atoms with van der Waals surface area (Å²) in [6, 6.07) is 13.5. The van der Waals surface area contributed by atoms with Gasteiger partial charge in [-0.1, -0.05) is 32.3 Å². The van der Waals surface area contributed by atoms with Crippen molar-refractivity contribution in [3.8, 4) is 17.2 Å². The molecule has 0 bridgehead atoms. The molecule has 2 aromatic carbocycles. The highest BCUT2D eigenvalue weighted by Crippen LogP contribution is 2.43. The van der Waals surface area contributed by atoms with E-state index in [1.165, 1.54) is 5.56 Å². The van der Waals surface area contributed by atoms with Crippen LogP contribution < -0.4 is 19.5 Å². The second-order valence-corrected chi connectivity index (χ2v) is 7.97. The molecule has 0 saturated heterocycles. The van der Waals surface area contributed by atoms with Crippen LogP contribution in [0.3, 0.4) is 0 Å². The summed E-state index contributed by atoms with van der Waals surface area (Å²) >= 11 is 0. The van der Waals surface area contributed by atoms with Gasteiger partial charge in [0.25, 0.3) is 5.91 Å². The van der Waals surface area contributed by atoms with Crippen molar-refractivity contribution in [2.45, 2.75) is 50.9 Å². The zero-order valence-corrected chi connectivity index (χ0v) is 18.3. The van der Waals surface area contributed by atoms with Gasteiger partial charge in [-0.2, -0.15) is 0 Å². The van der Waals surface area contributed by atoms with Gasteiger partial charge in [-0.25, -0.2) is 0 Å². The van der Waals surface area contributed by atoms with Gasteiger partial charge < -0.3 is 19.5 Å². The molecule has 0 radical (unpaired) electrons. The molecule has 0 heterocycles. The molecule has 30 heavy (non-hydrogen) atoms. The third-order valence-corrected chi connectivity index (χ3v) is 6.03. The van der Waals surface area contributed by atoms with E-state index in [-0.39, 0.29) is 11.3 Å². The fraction of sp³-hybridized carbons (Fsp3) is 0.480. The maximum absolute atomic E-state index is 12.8. The highest BCUT2D eigenvalue weighted by Gasteiger charge is 2.36. The summed E-state index contributed by atoms with van der Waals surface area (Å²) in [6.45, 7) is 3.45. The standard InChI is InChI=1S/C25H33NO4/c1-4-5-16-30-21-11-8-19(9-12-21)24(27)26-18-25(14-6-7-15-25)20-10-13-22(28-2)23(17-20)29-3/h8-13,17H,4-7,14-16,18H2,1-3H3,(H,26,27). The van der Waals surface area contributed by atoms with E-state index in [0.29, 0.717) is 18.7 Å². The number of ether oxygens (including phenoxy) is 3. The normalized spacial score (nSPS) is 14.9. The lowest BCUT2D eigenvalue weighted by atomic mass is 9.78. The molecule has 1 aliphatic rings. The summed E-state index contributed by atoms with van der Waals surface area (Å²) in [7, 11) is 3.30. The molecule has 1 aliphatic carbocycles. The number of carbonyl (C=O) groups is 1. The van der Waals surface area contributed by atoms with Crippen LogP contribution in [0.15, 0.2) is 42.5 Å². The van der Waals surface area contributed by atoms with E-state index in [1.54, 1.807) is 14.2 Å². The SMILES string of the molecule is CCCCOc1ccc(C(=O)NCC2(c3ccc(OC)c(OC)c3)CCCC2)cc1. The van der Waals surface area contributed by atoms with E-state index in [4.69, 9.17) is 14.2 Å². The van der Waals surface area contributed by atoms with E-state index in [1.807, 2.05) is 30.3 Å².